The molecule has 3 nitrogen and oxygen atoms in total. The molecule has 3 unspecified atom stereocenters. The molecule has 0 aromatic heterocycles. The Morgan fingerprint density at radius 2 is 2.00 bits per heavy atom. The van der Waals surface area contributed by atoms with Crippen molar-refractivity contribution < 1.29 is 9.79 Å². The molecule has 0 radical (unpaired) electrons. The second-order valence-corrected chi connectivity index (χ2v) is 7.40. The molecule has 3 N–H and O–H groups in total. The lowest BCUT2D eigenvalue weighted by atomic mass is 10.7. The minimum Gasteiger partial charge on any atom is -0.367 e. The highest BCUT2D eigenvalue weighted by Gasteiger charge is 2.18. The quantitative estimate of drug-likeness (QED) is 0.575. The molecule has 62 valence electrons. The Kier molecular flexibility index (Phi) is 5.80. The Bertz CT molecular complexity index is 91.7. The molecule has 5 heteroatoms. The van der Waals surface area contributed by atoms with Crippen LogP contribution in [0.2, 0.25) is 0 Å². The van der Waals surface area contributed by atoms with Crippen LogP contribution in [0.25, 0.3) is 0 Å². The Balaban J connectivity index is 3.58. The van der Waals surface area contributed by atoms with Crippen molar-refractivity contribution in [3.63, 3.8) is 0 Å². The fraction of sp³-hybridized carbons (Fsp3) is 1.00. The molecular formula is C5H15NO2P2. The number of rotatable bonds is 4. The maximum Gasteiger partial charge on any atom is 0.0938 e. The molecule has 0 spiro atoms. The summed E-state index contributed by atoms with van der Waals surface area (Å²) in [5.74, 6) is 0.0566. The zero-order chi connectivity index (χ0) is 8.15. The third kappa shape index (κ3) is 3.80. The summed E-state index contributed by atoms with van der Waals surface area (Å²) in [5, 5.41) is 3.06. The molecule has 0 heterocycles. The summed E-state index contributed by atoms with van der Waals surface area (Å²) in [6.45, 7) is 6.39. The zero-order valence-corrected chi connectivity index (χ0v) is 8.36. The van der Waals surface area contributed by atoms with E-state index in [0.29, 0.717) is 0 Å². The molecular weight excluding hydrogens is 168 g/mol. The lowest BCUT2D eigenvalue weighted by Gasteiger charge is -2.20. The van der Waals surface area contributed by atoms with Crippen LogP contribution in [0.1, 0.15) is 13.8 Å². The first-order valence-electron chi connectivity index (χ1n) is 3.23. The molecule has 0 fully saturated rings. The topological polar surface area (TPSA) is 52.5 Å². The van der Waals surface area contributed by atoms with Crippen molar-refractivity contribution in [1.29, 1.82) is 0 Å². The third-order valence-electron chi connectivity index (χ3n) is 1.14. The van der Waals surface area contributed by atoms with Crippen LogP contribution in [0.4, 0.5) is 0 Å². The van der Waals surface area contributed by atoms with Crippen molar-refractivity contribution in [2.45, 2.75) is 19.6 Å². The van der Waals surface area contributed by atoms with Crippen molar-refractivity contribution in [3.05, 3.63) is 0 Å². The molecule has 0 saturated carbocycles. The predicted octanol–water partition coefficient (Wildman–Crippen LogP) is 1.27. The first-order valence-corrected chi connectivity index (χ1v) is 7.04. The van der Waals surface area contributed by atoms with Gasteiger partial charge in [-0.15, -0.1) is 0 Å². The highest BCUT2D eigenvalue weighted by Crippen LogP contribution is 2.63. The van der Waals surface area contributed by atoms with Crippen LogP contribution in [0.3, 0.4) is 0 Å². The summed E-state index contributed by atoms with van der Waals surface area (Å²) in [6.07, 6.45) is 0. The van der Waals surface area contributed by atoms with Crippen molar-refractivity contribution in [1.82, 2.24) is 5.32 Å². The van der Waals surface area contributed by atoms with Crippen LogP contribution < -0.4 is 5.32 Å². The van der Waals surface area contributed by atoms with Gasteiger partial charge in [-0.1, -0.05) is 6.92 Å². The van der Waals surface area contributed by atoms with E-state index in [9.17, 15) is 4.89 Å². The van der Waals surface area contributed by atoms with E-state index in [1.54, 1.807) is 6.66 Å². The van der Waals surface area contributed by atoms with Gasteiger partial charge in [-0.2, -0.15) is 0 Å². The summed E-state index contributed by atoms with van der Waals surface area (Å²) in [6, 6.07) is 0. The van der Waals surface area contributed by atoms with Crippen LogP contribution in [-0.4, -0.2) is 28.8 Å². The van der Waals surface area contributed by atoms with Crippen molar-refractivity contribution in [2.24, 2.45) is 0 Å². The fourth-order valence-corrected chi connectivity index (χ4v) is 3.22. The summed E-state index contributed by atoms with van der Waals surface area (Å²) in [4.78, 5) is 18.3. The smallest absolute Gasteiger partial charge is 0.0938 e. The van der Waals surface area contributed by atoms with E-state index in [0.717, 1.165) is 6.54 Å². The number of hydrogen-bond donors (Lipinski definition) is 3. The normalized spacial score (nSPS) is 20.1. The standard InChI is InChI=1S/C5H15NO2P2/c1-4-6-5(2)10(8)9(3)7/h5-8H,4H2,1-3H3. The molecule has 0 saturated heterocycles. The maximum atomic E-state index is 9.31. The minimum atomic E-state index is -1.20. The predicted molar refractivity (Wildman–Crippen MR) is 47.3 cm³/mol. The van der Waals surface area contributed by atoms with Gasteiger partial charge in [0.15, 0.2) is 0 Å². The largest absolute Gasteiger partial charge is 0.367 e. The van der Waals surface area contributed by atoms with Gasteiger partial charge in [0.1, 0.15) is 0 Å². The Morgan fingerprint density at radius 3 is 2.30 bits per heavy atom. The summed E-state index contributed by atoms with van der Waals surface area (Å²) >= 11 is 0. The highest BCUT2D eigenvalue weighted by molar-refractivity contribution is 8.24. The maximum absolute atomic E-state index is 9.31. The summed E-state index contributed by atoms with van der Waals surface area (Å²) < 4.78 is 0. The zero-order valence-electron chi connectivity index (χ0n) is 6.57. The Labute approximate surface area is 64.4 Å². The van der Waals surface area contributed by atoms with E-state index in [1.165, 1.54) is 0 Å². The lowest BCUT2D eigenvalue weighted by Crippen LogP contribution is -2.23. The van der Waals surface area contributed by atoms with Gasteiger partial charge in [0.2, 0.25) is 0 Å². The molecule has 0 bridgehead atoms. The number of nitrogens with one attached hydrogen (secondary N) is 1. The molecule has 10 heavy (non-hydrogen) atoms. The van der Waals surface area contributed by atoms with Gasteiger partial charge in [0, 0.05) is 0 Å². The van der Waals surface area contributed by atoms with Crippen molar-refractivity contribution in [2.75, 3.05) is 13.2 Å². The molecule has 0 aliphatic rings. The van der Waals surface area contributed by atoms with Gasteiger partial charge in [0.05, 0.1) is 21.5 Å². The average Bonchev–Trinajstić information content (AvgIpc) is 1.87. The van der Waals surface area contributed by atoms with E-state index in [1.807, 2.05) is 13.8 Å². The first-order chi connectivity index (χ1) is 4.59. The minimum absolute atomic E-state index is 0.0566. The third-order valence-corrected chi connectivity index (χ3v) is 5.43. The van der Waals surface area contributed by atoms with Crippen LogP contribution >= 0.6 is 15.7 Å². The monoisotopic (exact) mass is 183 g/mol. The van der Waals surface area contributed by atoms with E-state index in [4.69, 9.17) is 4.89 Å². The Morgan fingerprint density at radius 1 is 1.50 bits per heavy atom. The number of hydrogen-bond acceptors (Lipinski definition) is 3. The molecule has 0 aliphatic heterocycles. The van der Waals surface area contributed by atoms with Crippen LogP contribution in [0.5, 0.6) is 0 Å². The second kappa shape index (κ2) is 5.40. The van der Waals surface area contributed by atoms with Crippen molar-refractivity contribution >= 4 is 15.7 Å². The SMILES string of the molecule is CCNC(C)P(O)P(C)O. The van der Waals surface area contributed by atoms with E-state index < -0.39 is 15.7 Å². The highest BCUT2D eigenvalue weighted by atomic mass is 32.1. The molecule has 0 aromatic carbocycles. The molecule has 0 aromatic rings. The first kappa shape index (κ1) is 10.7. The molecule has 0 rings (SSSR count). The van der Waals surface area contributed by atoms with Gasteiger partial charge < -0.3 is 15.1 Å². The van der Waals surface area contributed by atoms with E-state index in [2.05, 4.69) is 5.32 Å². The van der Waals surface area contributed by atoms with Crippen LogP contribution in [0.15, 0.2) is 0 Å². The molecule has 0 amide bonds. The lowest BCUT2D eigenvalue weighted by molar-refractivity contribution is 0.582. The van der Waals surface area contributed by atoms with E-state index >= 15 is 0 Å². The molecule has 0 aliphatic carbocycles. The van der Waals surface area contributed by atoms with E-state index in [-0.39, 0.29) is 5.78 Å². The summed E-state index contributed by atoms with van der Waals surface area (Å²) in [7, 11) is -2.35. The summed E-state index contributed by atoms with van der Waals surface area (Å²) in [5.41, 5.74) is 0. The molecule has 3 atom stereocenters. The van der Waals surface area contributed by atoms with Gasteiger partial charge in [-0.3, -0.25) is 0 Å². The Hall–Kier alpha value is 0.740. The second-order valence-electron chi connectivity index (χ2n) is 2.04. The fourth-order valence-electron chi connectivity index (χ4n) is 0.628. The van der Waals surface area contributed by atoms with Crippen LogP contribution in [-0.2, 0) is 0 Å². The van der Waals surface area contributed by atoms with Crippen molar-refractivity contribution in [3.8, 4) is 0 Å². The van der Waals surface area contributed by atoms with Crippen LogP contribution in [0, 0.1) is 0 Å². The van der Waals surface area contributed by atoms with Gasteiger partial charge in [-0.05, 0) is 20.1 Å². The average molecular weight is 183 g/mol. The van der Waals surface area contributed by atoms with Gasteiger partial charge in [0.25, 0.3) is 0 Å². The van der Waals surface area contributed by atoms with Gasteiger partial charge >= 0.3 is 0 Å². The van der Waals surface area contributed by atoms with Gasteiger partial charge in [-0.25, -0.2) is 0 Å².